The molecule has 0 saturated carbocycles. The second-order valence-corrected chi connectivity index (χ2v) is 13.3. The van der Waals surface area contributed by atoms with Crippen molar-refractivity contribution in [3.63, 3.8) is 0 Å². The molecule has 0 N–H and O–H groups in total. The van der Waals surface area contributed by atoms with Gasteiger partial charge in [-0.05, 0) is 52.6 Å². The normalized spacial score (nSPS) is 11.8. The van der Waals surface area contributed by atoms with Crippen LogP contribution in [-0.2, 0) is 0 Å². The Labute approximate surface area is 298 Å². The van der Waals surface area contributed by atoms with Crippen LogP contribution in [0.15, 0.2) is 180 Å². The molecule has 0 aliphatic heterocycles. The van der Waals surface area contributed by atoms with Gasteiger partial charge < -0.3 is 8.98 Å². The minimum atomic E-state index is 0.685. The van der Waals surface area contributed by atoms with Crippen molar-refractivity contribution in [1.29, 1.82) is 0 Å². The summed E-state index contributed by atoms with van der Waals surface area (Å²) in [5.74, 6) is 0.685. The van der Waals surface area contributed by atoms with Gasteiger partial charge in [0.2, 0.25) is 0 Å². The molecule has 4 nitrogen and oxygen atoms in total. The van der Waals surface area contributed by atoms with E-state index in [9.17, 15) is 0 Å². The fourth-order valence-electron chi connectivity index (χ4n) is 8.04. The number of hydrogen-bond donors (Lipinski definition) is 0. The summed E-state index contributed by atoms with van der Waals surface area (Å²) in [6, 6.07) is 61.7. The molecule has 8 aromatic carbocycles. The van der Waals surface area contributed by atoms with E-state index in [0.29, 0.717) is 5.82 Å². The number of furan rings is 1. The van der Waals surface area contributed by atoms with Crippen molar-refractivity contribution in [3.05, 3.63) is 176 Å². The van der Waals surface area contributed by atoms with Crippen LogP contribution in [0.3, 0.4) is 0 Å². The number of aromatic nitrogens is 3. The zero-order valence-corrected chi connectivity index (χ0v) is 28.0. The highest BCUT2D eigenvalue weighted by atomic mass is 16.3. The third-order valence-electron chi connectivity index (χ3n) is 10.4. The third kappa shape index (κ3) is 4.28. The molecule has 0 atom stereocenters. The summed E-state index contributed by atoms with van der Waals surface area (Å²) >= 11 is 0. The molecule has 11 aromatic rings. The van der Waals surface area contributed by atoms with Crippen LogP contribution in [0.4, 0.5) is 0 Å². The monoisotopic (exact) mass is 663 g/mol. The molecule has 0 aliphatic rings. The first kappa shape index (κ1) is 28.8. The SMILES string of the molecule is c1ccc(-c2cc(-c3ccccc3)nc(-c3ccc(-n4c5c6ccccc6ccc5c5c6ccccc6c6c7ccccc7oc6c54)cc3)n2)cc1. The van der Waals surface area contributed by atoms with Crippen molar-refractivity contribution in [1.82, 2.24) is 14.5 Å². The van der Waals surface area contributed by atoms with Crippen LogP contribution in [0, 0.1) is 0 Å². The number of hydrogen-bond acceptors (Lipinski definition) is 3. The Morgan fingerprint density at radius 3 is 1.67 bits per heavy atom. The standard InChI is InChI=1S/C48H29N3O/c1-3-14-31(15-4-1)40-29-41(32-16-5-2-6-17-32)50-48(49-40)33-23-26-34(27-24-33)51-45-35-18-8-7-13-30(35)25-28-39(45)43-36-19-9-10-20-37(36)44-38-21-11-12-22-42(38)52-47(44)46(43)51/h1-29H. The molecule has 0 aliphatic carbocycles. The average Bonchev–Trinajstić information content (AvgIpc) is 3.79. The van der Waals surface area contributed by atoms with Gasteiger partial charge in [-0.15, -0.1) is 0 Å². The molecule has 4 heteroatoms. The minimum absolute atomic E-state index is 0.685. The predicted octanol–water partition coefficient (Wildman–Crippen LogP) is 12.8. The molecule has 52 heavy (non-hydrogen) atoms. The summed E-state index contributed by atoms with van der Waals surface area (Å²) in [7, 11) is 0. The van der Waals surface area contributed by atoms with E-state index in [0.717, 1.165) is 66.7 Å². The highest BCUT2D eigenvalue weighted by Crippen LogP contribution is 2.47. The Bertz CT molecular complexity index is 3100. The van der Waals surface area contributed by atoms with Gasteiger partial charge in [0.25, 0.3) is 0 Å². The van der Waals surface area contributed by atoms with Crippen molar-refractivity contribution in [2.75, 3.05) is 0 Å². The predicted molar refractivity (Wildman–Crippen MR) is 215 cm³/mol. The van der Waals surface area contributed by atoms with Gasteiger partial charge in [-0.1, -0.05) is 140 Å². The summed E-state index contributed by atoms with van der Waals surface area (Å²) < 4.78 is 9.25. The lowest BCUT2D eigenvalue weighted by Crippen LogP contribution is -1.98. The van der Waals surface area contributed by atoms with E-state index in [-0.39, 0.29) is 0 Å². The van der Waals surface area contributed by atoms with Crippen LogP contribution in [0.25, 0.3) is 105 Å². The summed E-state index contributed by atoms with van der Waals surface area (Å²) in [6.07, 6.45) is 0. The summed E-state index contributed by atoms with van der Waals surface area (Å²) in [5, 5.41) is 9.45. The molecule has 0 amide bonds. The van der Waals surface area contributed by atoms with Crippen molar-refractivity contribution >= 4 is 65.3 Å². The molecule has 3 aromatic heterocycles. The molecule has 3 heterocycles. The fraction of sp³-hybridized carbons (Fsp3) is 0. The molecule has 0 spiro atoms. The Morgan fingerprint density at radius 2 is 0.981 bits per heavy atom. The van der Waals surface area contributed by atoms with Crippen molar-refractivity contribution < 1.29 is 4.42 Å². The molecule has 0 radical (unpaired) electrons. The molecule has 0 bridgehead atoms. The lowest BCUT2D eigenvalue weighted by molar-refractivity contribution is 0.671. The molecular weight excluding hydrogens is 635 g/mol. The first-order valence-corrected chi connectivity index (χ1v) is 17.6. The molecule has 242 valence electrons. The first-order chi connectivity index (χ1) is 25.8. The van der Waals surface area contributed by atoms with Gasteiger partial charge >= 0.3 is 0 Å². The number of para-hydroxylation sites is 1. The van der Waals surface area contributed by atoms with Gasteiger partial charge in [0.05, 0.1) is 22.4 Å². The average molecular weight is 664 g/mol. The molecule has 0 saturated heterocycles. The number of nitrogens with zero attached hydrogens (tertiary/aromatic N) is 3. The van der Waals surface area contributed by atoms with Crippen molar-refractivity contribution in [2.45, 2.75) is 0 Å². The molecular formula is C48H29N3O. The quantitative estimate of drug-likeness (QED) is 0.188. The number of rotatable bonds is 4. The second-order valence-electron chi connectivity index (χ2n) is 13.3. The highest BCUT2D eigenvalue weighted by Gasteiger charge is 2.24. The third-order valence-corrected chi connectivity index (χ3v) is 10.4. The van der Waals surface area contributed by atoms with Crippen LogP contribution in [-0.4, -0.2) is 14.5 Å². The first-order valence-electron chi connectivity index (χ1n) is 17.6. The summed E-state index contributed by atoms with van der Waals surface area (Å²) in [4.78, 5) is 10.2. The largest absolute Gasteiger partial charge is 0.454 e. The smallest absolute Gasteiger partial charge is 0.160 e. The van der Waals surface area contributed by atoms with Gasteiger partial charge in [0.1, 0.15) is 5.58 Å². The Hall–Kier alpha value is -7.04. The maximum Gasteiger partial charge on any atom is 0.160 e. The lowest BCUT2D eigenvalue weighted by atomic mass is 9.98. The van der Waals surface area contributed by atoms with Gasteiger partial charge in [0.15, 0.2) is 11.4 Å². The van der Waals surface area contributed by atoms with Gasteiger partial charge in [-0.3, -0.25) is 0 Å². The van der Waals surface area contributed by atoms with Crippen LogP contribution < -0.4 is 0 Å². The number of fused-ring (bicyclic) bond motifs is 12. The topological polar surface area (TPSA) is 43.9 Å². The maximum atomic E-state index is 6.84. The highest BCUT2D eigenvalue weighted by molar-refractivity contribution is 6.36. The lowest BCUT2D eigenvalue weighted by Gasteiger charge is -2.12. The van der Waals surface area contributed by atoms with Crippen molar-refractivity contribution in [2.24, 2.45) is 0 Å². The van der Waals surface area contributed by atoms with Crippen LogP contribution in [0.2, 0.25) is 0 Å². The Kier molecular flexibility index (Phi) is 6.22. The van der Waals surface area contributed by atoms with Crippen LogP contribution >= 0.6 is 0 Å². The van der Waals surface area contributed by atoms with Crippen LogP contribution in [0.1, 0.15) is 0 Å². The van der Waals surface area contributed by atoms with E-state index in [4.69, 9.17) is 14.4 Å². The van der Waals surface area contributed by atoms with Crippen molar-refractivity contribution in [3.8, 4) is 39.6 Å². The van der Waals surface area contributed by atoms with Gasteiger partial charge in [0, 0.05) is 49.3 Å². The van der Waals surface area contributed by atoms with E-state index in [1.807, 2.05) is 42.5 Å². The van der Waals surface area contributed by atoms with Gasteiger partial charge in [-0.25, -0.2) is 9.97 Å². The molecule has 11 rings (SSSR count). The zero-order chi connectivity index (χ0) is 34.2. The fourth-order valence-corrected chi connectivity index (χ4v) is 8.04. The Balaban J connectivity index is 1.20. The van der Waals surface area contributed by atoms with E-state index < -0.39 is 0 Å². The summed E-state index contributed by atoms with van der Waals surface area (Å²) in [5.41, 5.74) is 9.89. The molecule has 0 fully saturated rings. The van der Waals surface area contributed by atoms with E-state index in [1.165, 1.54) is 32.3 Å². The second kappa shape index (κ2) is 11.2. The van der Waals surface area contributed by atoms with E-state index in [2.05, 4.69) is 138 Å². The number of benzene rings is 8. The molecule has 0 unspecified atom stereocenters. The maximum absolute atomic E-state index is 6.84. The Morgan fingerprint density at radius 1 is 0.404 bits per heavy atom. The summed E-state index contributed by atoms with van der Waals surface area (Å²) in [6.45, 7) is 0. The minimum Gasteiger partial charge on any atom is -0.454 e. The van der Waals surface area contributed by atoms with E-state index >= 15 is 0 Å². The van der Waals surface area contributed by atoms with Gasteiger partial charge in [-0.2, -0.15) is 0 Å². The van der Waals surface area contributed by atoms with E-state index in [1.54, 1.807) is 0 Å². The zero-order valence-electron chi connectivity index (χ0n) is 28.0. The van der Waals surface area contributed by atoms with Crippen LogP contribution in [0.5, 0.6) is 0 Å².